The van der Waals surface area contributed by atoms with Crippen LogP contribution in [-0.4, -0.2) is 69.5 Å². The molecule has 0 amide bonds. The zero-order chi connectivity index (χ0) is 24.6. The minimum absolute atomic E-state index is 4.89. The third-order valence-electron chi connectivity index (χ3n) is 4.95. The molecule has 3 unspecified atom stereocenters. The number of carbonyl (C=O) groups is 1. The maximum absolute atomic E-state index is 14.7. The highest BCUT2D eigenvalue weighted by Crippen LogP contribution is 2.80. The first-order valence-corrected chi connectivity index (χ1v) is 6.64. The number of alkyl halides is 17. The average Bonchev–Trinajstić information content (AvgIpc) is 2.55. The summed E-state index contributed by atoms with van der Waals surface area (Å²) in [5, 5.41) is 8.21. The van der Waals surface area contributed by atoms with Gasteiger partial charge in [0.25, 0.3) is 11.3 Å². The third kappa shape index (κ3) is 1.57. The Morgan fingerprint density at radius 1 is 0.400 bits per heavy atom. The van der Waals surface area contributed by atoms with Gasteiger partial charge in [0, 0.05) is 0 Å². The quantitative estimate of drug-likeness (QED) is 0.546. The first-order chi connectivity index (χ1) is 12.7. The largest absolute Gasteiger partial charge is 0.479 e. The first kappa shape index (κ1) is 24.5. The molecule has 0 heterocycles. The number of halogens is 17. The molecule has 0 radical (unpaired) electrons. The van der Waals surface area contributed by atoms with Gasteiger partial charge in [0.05, 0.1) is 0 Å². The summed E-state index contributed by atoms with van der Waals surface area (Å²) in [6.45, 7) is 0. The highest BCUT2D eigenvalue weighted by Gasteiger charge is 3.15. The van der Waals surface area contributed by atoms with Gasteiger partial charge in [0.15, 0.2) is 0 Å². The molecule has 19 heteroatoms. The molecule has 2 rings (SSSR count). The zero-order valence-electron chi connectivity index (χ0n) is 12.8. The second kappa shape index (κ2) is 5.02. The monoisotopic (exact) mass is 488 g/mol. The molecular formula is C11HF17O2. The smallest absolute Gasteiger partial charge is 0.382 e. The van der Waals surface area contributed by atoms with Crippen molar-refractivity contribution in [2.24, 2.45) is 0 Å². The molecule has 0 spiro atoms. The number of carboxylic acids is 1. The van der Waals surface area contributed by atoms with E-state index < -0.39 is 64.4 Å². The van der Waals surface area contributed by atoms with E-state index in [1.807, 2.05) is 0 Å². The second-order valence-corrected chi connectivity index (χ2v) is 6.30. The summed E-state index contributed by atoms with van der Waals surface area (Å²) in [5.74, 6) is -63.4. The number of hydrogen-bond donors (Lipinski definition) is 1. The van der Waals surface area contributed by atoms with E-state index in [1.165, 1.54) is 0 Å². The van der Waals surface area contributed by atoms with Crippen LogP contribution in [0, 0.1) is 0 Å². The lowest BCUT2D eigenvalue weighted by molar-refractivity contribution is -0.542. The van der Waals surface area contributed by atoms with Gasteiger partial charge in [-0.15, -0.1) is 0 Å². The molecule has 2 fully saturated rings. The van der Waals surface area contributed by atoms with E-state index in [1.54, 1.807) is 0 Å². The summed E-state index contributed by atoms with van der Waals surface area (Å²) in [6.07, 6.45) is 0. The van der Waals surface area contributed by atoms with Crippen LogP contribution < -0.4 is 0 Å². The summed E-state index contributed by atoms with van der Waals surface area (Å²) in [5.41, 5.74) is -25.3. The van der Waals surface area contributed by atoms with Gasteiger partial charge in [-0.05, 0) is 0 Å². The SMILES string of the molecule is O=C(O)C1(F)C(F)(F)C(F)(F)C(F)(F)C2(F)C(F)(F)C(F)(F)C(F)(F)C(F)(F)C12F. The van der Waals surface area contributed by atoms with Crippen LogP contribution in [0.5, 0.6) is 0 Å². The Hall–Kier alpha value is -1.72. The van der Waals surface area contributed by atoms with Gasteiger partial charge in [-0.25, -0.2) is 18.0 Å². The Morgan fingerprint density at radius 3 is 0.900 bits per heavy atom. The van der Waals surface area contributed by atoms with E-state index >= 15 is 0 Å². The van der Waals surface area contributed by atoms with Crippen LogP contribution in [0.25, 0.3) is 0 Å². The summed E-state index contributed by atoms with van der Waals surface area (Å²) >= 11 is 0. The fourth-order valence-electron chi connectivity index (χ4n) is 3.25. The van der Waals surface area contributed by atoms with Gasteiger partial charge < -0.3 is 5.11 Å². The lowest BCUT2D eigenvalue weighted by Crippen LogP contribution is -3.00. The molecule has 0 aliphatic heterocycles. The number of hydrogen-bond acceptors (Lipinski definition) is 1. The fraction of sp³-hybridized carbons (Fsp3) is 0.909. The highest BCUT2D eigenvalue weighted by molar-refractivity contribution is 5.83. The molecule has 3 atom stereocenters. The number of aliphatic carboxylic acids is 1. The molecule has 1 N–H and O–H groups in total. The number of fused-ring (bicyclic) bond motifs is 1. The van der Waals surface area contributed by atoms with Gasteiger partial charge in [0.2, 0.25) is 0 Å². The summed E-state index contributed by atoms with van der Waals surface area (Å²) < 4.78 is 233. The molecule has 0 aromatic rings. The molecule has 2 saturated carbocycles. The van der Waals surface area contributed by atoms with Crippen LogP contribution in [0.1, 0.15) is 0 Å². The van der Waals surface area contributed by atoms with E-state index in [0.29, 0.717) is 0 Å². The van der Waals surface area contributed by atoms with Crippen molar-refractivity contribution >= 4 is 5.97 Å². The lowest BCUT2D eigenvalue weighted by atomic mass is 9.51. The normalized spacial score (nSPS) is 44.0. The van der Waals surface area contributed by atoms with Gasteiger partial charge in [0.1, 0.15) is 0 Å². The van der Waals surface area contributed by atoms with Crippen molar-refractivity contribution in [3.8, 4) is 0 Å². The van der Waals surface area contributed by atoms with E-state index in [4.69, 9.17) is 5.11 Å². The Kier molecular flexibility index (Phi) is 4.11. The third-order valence-corrected chi connectivity index (χ3v) is 4.95. The molecular weight excluding hydrogens is 487 g/mol. The summed E-state index contributed by atoms with van der Waals surface area (Å²) in [4.78, 5) is 10.6. The van der Waals surface area contributed by atoms with Crippen LogP contribution in [0.2, 0.25) is 0 Å². The number of rotatable bonds is 1. The van der Waals surface area contributed by atoms with Gasteiger partial charge in [-0.2, -0.15) is 61.5 Å². The van der Waals surface area contributed by atoms with E-state index in [9.17, 15) is 79.4 Å². The molecule has 2 aliphatic carbocycles. The predicted octanol–water partition coefficient (Wildman–Crippen LogP) is 4.67. The van der Waals surface area contributed by atoms with Crippen LogP contribution >= 0.6 is 0 Å². The van der Waals surface area contributed by atoms with E-state index in [2.05, 4.69) is 0 Å². The maximum atomic E-state index is 14.7. The van der Waals surface area contributed by atoms with Crippen LogP contribution in [0.15, 0.2) is 0 Å². The van der Waals surface area contributed by atoms with Gasteiger partial charge >= 0.3 is 53.1 Å². The Labute approximate surface area is 150 Å². The molecule has 30 heavy (non-hydrogen) atoms. The molecule has 2 nitrogen and oxygen atoms in total. The molecule has 0 aromatic heterocycles. The molecule has 0 saturated heterocycles. The zero-order valence-corrected chi connectivity index (χ0v) is 12.8. The Bertz CT molecular complexity index is 794. The minimum atomic E-state index is -8.67. The van der Waals surface area contributed by atoms with Gasteiger partial charge in [-0.3, -0.25) is 0 Å². The van der Waals surface area contributed by atoms with Crippen molar-refractivity contribution in [2.75, 3.05) is 0 Å². The van der Waals surface area contributed by atoms with E-state index in [-0.39, 0.29) is 0 Å². The first-order valence-electron chi connectivity index (χ1n) is 6.64. The van der Waals surface area contributed by atoms with Crippen molar-refractivity contribution in [2.45, 2.75) is 58.5 Å². The Morgan fingerprint density at radius 2 is 0.633 bits per heavy atom. The predicted molar refractivity (Wildman–Crippen MR) is 53.8 cm³/mol. The van der Waals surface area contributed by atoms with Crippen molar-refractivity contribution in [1.29, 1.82) is 0 Å². The van der Waals surface area contributed by atoms with Crippen molar-refractivity contribution in [3.05, 3.63) is 0 Å². The van der Waals surface area contributed by atoms with Crippen molar-refractivity contribution in [3.63, 3.8) is 0 Å². The van der Waals surface area contributed by atoms with Crippen LogP contribution in [-0.2, 0) is 4.79 Å². The summed E-state index contributed by atoms with van der Waals surface area (Å²) in [6, 6.07) is 0. The average molecular weight is 488 g/mol. The highest BCUT2D eigenvalue weighted by atomic mass is 19.4. The molecule has 2 aliphatic rings. The minimum Gasteiger partial charge on any atom is -0.479 e. The second-order valence-electron chi connectivity index (χ2n) is 6.30. The van der Waals surface area contributed by atoms with Crippen LogP contribution in [0.4, 0.5) is 74.6 Å². The molecule has 0 aromatic carbocycles. The van der Waals surface area contributed by atoms with E-state index in [0.717, 1.165) is 0 Å². The standard InChI is InChI=1S/C11HF17O2/c12-2(1(29)30)3(13)4(14,7(19,20)9(23,24)5(2,15)16)8(21,22)11(27,28)10(25,26)6(3,17)18/h(H,29,30). The lowest BCUT2D eigenvalue weighted by Gasteiger charge is -2.64. The Balaban J connectivity index is 3.34. The maximum Gasteiger partial charge on any atom is 0.382 e. The summed E-state index contributed by atoms with van der Waals surface area (Å²) in [7, 11) is 0. The van der Waals surface area contributed by atoms with Crippen LogP contribution in [0.3, 0.4) is 0 Å². The fourth-order valence-corrected chi connectivity index (χ4v) is 3.25. The molecule has 176 valence electrons. The van der Waals surface area contributed by atoms with Crippen molar-refractivity contribution in [1.82, 2.24) is 0 Å². The van der Waals surface area contributed by atoms with Gasteiger partial charge in [-0.1, -0.05) is 0 Å². The number of carboxylic acid groups (broad SMARTS) is 1. The topological polar surface area (TPSA) is 37.3 Å². The molecule has 0 bridgehead atoms. The van der Waals surface area contributed by atoms with Crippen molar-refractivity contribution < 1.29 is 84.5 Å².